The number of imidazole rings is 1. The van der Waals surface area contributed by atoms with Crippen molar-refractivity contribution in [2.75, 3.05) is 19.0 Å². The first-order valence-corrected chi connectivity index (χ1v) is 8.07. The molecule has 0 fully saturated rings. The van der Waals surface area contributed by atoms with Gasteiger partial charge in [0.05, 0.1) is 11.9 Å². The van der Waals surface area contributed by atoms with Gasteiger partial charge in [-0.1, -0.05) is 42.5 Å². The highest BCUT2D eigenvalue weighted by molar-refractivity contribution is 5.47. The number of hydrogen-bond donors (Lipinski definition) is 1. The summed E-state index contributed by atoms with van der Waals surface area (Å²) in [5, 5.41) is 10.8. The highest BCUT2D eigenvalue weighted by Gasteiger charge is 2.17. The number of aryl methyl sites for hydroxylation is 1. The minimum Gasteiger partial charge on any atom is -0.382 e. The topological polar surface area (TPSA) is 41.3 Å². The van der Waals surface area contributed by atoms with Gasteiger partial charge in [-0.05, 0) is 30.2 Å². The monoisotopic (exact) mass is 321 g/mol. The molecule has 0 aliphatic heterocycles. The Morgan fingerprint density at radius 1 is 1.04 bits per heavy atom. The number of anilines is 1. The molecule has 1 N–H and O–H groups in total. The lowest BCUT2D eigenvalue weighted by Gasteiger charge is -2.17. The molecule has 24 heavy (non-hydrogen) atoms. The molecule has 1 heterocycles. The first-order valence-electron chi connectivity index (χ1n) is 8.07. The van der Waals surface area contributed by atoms with Gasteiger partial charge in [0.1, 0.15) is 11.9 Å². The summed E-state index contributed by atoms with van der Waals surface area (Å²) in [6, 6.07) is 18.2. The molecular formula is C20H23N3O. The van der Waals surface area contributed by atoms with Crippen LogP contribution in [-0.4, -0.2) is 28.8 Å². The van der Waals surface area contributed by atoms with Crippen LogP contribution in [0.5, 0.6) is 0 Å². The molecule has 0 bridgehead atoms. The fourth-order valence-electron chi connectivity index (χ4n) is 2.80. The maximum absolute atomic E-state index is 10.8. The molecule has 1 aromatic heterocycles. The number of aliphatic hydroxyl groups is 1. The van der Waals surface area contributed by atoms with Gasteiger partial charge in [-0.2, -0.15) is 0 Å². The van der Waals surface area contributed by atoms with E-state index >= 15 is 0 Å². The van der Waals surface area contributed by atoms with E-state index in [1.54, 1.807) is 6.20 Å². The van der Waals surface area contributed by atoms with Crippen LogP contribution in [0.4, 0.5) is 5.69 Å². The summed E-state index contributed by atoms with van der Waals surface area (Å²) in [7, 11) is 4.01. The molecule has 0 aliphatic carbocycles. The second-order valence-electron chi connectivity index (χ2n) is 6.19. The van der Waals surface area contributed by atoms with Crippen LogP contribution < -0.4 is 4.90 Å². The van der Waals surface area contributed by atoms with Gasteiger partial charge in [-0.3, -0.25) is 0 Å². The first-order chi connectivity index (χ1) is 11.6. The summed E-state index contributed by atoms with van der Waals surface area (Å²) in [5.41, 5.74) is 3.98. The Kier molecular flexibility index (Phi) is 4.67. The number of aromatic nitrogens is 2. The maximum atomic E-state index is 10.8. The molecule has 3 rings (SSSR count). The molecule has 1 atom stereocenters. The molecule has 0 saturated carbocycles. The van der Waals surface area contributed by atoms with Gasteiger partial charge < -0.3 is 14.6 Å². The van der Waals surface area contributed by atoms with Crippen LogP contribution in [0.15, 0.2) is 60.8 Å². The lowest BCUT2D eigenvalue weighted by molar-refractivity contribution is 0.210. The average Bonchev–Trinajstić information content (AvgIpc) is 2.96. The number of benzene rings is 2. The standard InChI is InChI=1S/C20H23N3O/c1-15-21-13-19(23(15)14-16-7-5-4-6-8-16)20(24)17-9-11-18(12-10-17)22(2)3/h4-13,20,24H,14H2,1-3H3. The van der Waals surface area contributed by atoms with E-state index in [-0.39, 0.29) is 0 Å². The van der Waals surface area contributed by atoms with Crippen molar-refractivity contribution < 1.29 is 5.11 Å². The maximum Gasteiger partial charge on any atom is 0.121 e. The summed E-state index contributed by atoms with van der Waals surface area (Å²) in [6.07, 6.45) is 1.08. The largest absolute Gasteiger partial charge is 0.382 e. The van der Waals surface area contributed by atoms with Crippen LogP contribution in [0, 0.1) is 6.92 Å². The van der Waals surface area contributed by atoms with Crippen molar-refractivity contribution in [3.8, 4) is 0 Å². The Bertz CT molecular complexity index is 792. The third-order valence-electron chi connectivity index (χ3n) is 4.27. The zero-order chi connectivity index (χ0) is 17.1. The minimum atomic E-state index is -0.689. The quantitative estimate of drug-likeness (QED) is 0.783. The van der Waals surface area contributed by atoms with E-state index in [1.165, 1.54) is 5.56 Å². The van der Waals surface area contributed by atoms with Crippen LogP contribution in [-0.2, 0) is 6.54 Å². The van der Waals surface area contributed by atoms with Crippen molar-refractivity contribution in [2.45, 2.75) is 19.6 Å². The summed E-state index contributed by atoms with van der Waals surface area (Å²) < 4.78 is 2.07. The molecule has 124 valence electrons. The second-order valence-corrected chi connectivity index (χ2v) is 6.19. The third kappa shape index (κ3) is 3.34. The molecule has 0 radical (unpaired) electrons. The zero-order valence-corrected chi connectivity index (χ0v) is 14.3. The van der Waals surface area contributed by atoms with E-state index in [1.807, 2.05) is 68.4 Å². The van der Waals surface area contributed by atoms with E-state index in [0.717, 1.165) is 22.8 Å². The lowest BCUT2D eigenvalue weighted by atomic mass is 10.1. The van der Waals surface area contributed by atoms with Crippen molar-refractivity contribution in [2.24, 2.45) is 0 Å². The van der Waals surface area contributed by atoms with Crippen molar-refractivity contribution in [3.63, 3.8) is 0 Å². The van der Waals surface area contributed by atoms with Crippen LogP contribution in [0.3, 0.4) is 0 Å². The Morgan fingerprint density at radius 2 is 1.71 bits per heavy atom. The number of nitrogens with zero attached hydrogens (tertiary/aromatic N) is 3. The molecule has 3 aromatic rings. The van der Waals surface area contributed by atoms with Gasteiger partial charge in [0, 0.05) is 26.3 Å². The second kappa shape index (κ2) is 6.89. The van der Waals surface area contributed by atoms with E-state index in [4.69, 9.17) is 0 Å². The van der Waals surface area contributed by atoms with Crippen molar-refractivity contribution in [1.82, 2.24) is 9.55 Å². The summed E-state index contributed by atoms with van der Waals surface area (Å²) >= 11 is 0. The van der Waals surface area contributed by atoms with E-state index in [2.05, 4.69) is 21.7 Å². The molecular weight excluding hydrogens is 298 g/mol. The van der Waals surface area contributed by atoms with Gasteiger partial charge in [-0.15, -0.1) is 0 Å². The SMILES string of the molecule is Cc1ncc(C(O)c2ccc(N(C)C)cc2)n1Cc1ccccc1. The fraction of sp³-hybridized carbons (Fsp3) is 0.250. The van der Waals surface area contributed by atoms with Gasteiger partial charge in [0.15, 0.2) is 0 Å². The predicted molar refractivity (Wildman–Crippen MR) is 97.3 cm³/mol. The minimum absolute atomic E-state index is 0.689. The van der Waals surface area contributed by atoms with Gasteiger partial charge in [-0.25, -0.2) is 4.98 Å². The fourth-order valence-corrected chi connectivity index (χ4v) is 2.80. The Balaban J connectivity index is 1.89. The van der Waals surface area contributed by atoms with Crippen LogP contribution in [0.2, 0.25) is 0 Å². The molecule has 4 nitrogen and oxygen atoms in total. The van der Waals surface area contributed by atoms with E-state index in [0.29, 0.717) is 6.54 Å². The van der Waals surface area contributed by atoms with Crippen molar-refractivity contribution in [1.29, 1.82) is 0 Å². The first kappa shape index (κ1) is 16.3. The predicted octanol–water partition coefficient (Wildman–Crippen LogP) is 3.39. The van der Waals surface area contributed by atoms with Crippen LogP contribution >= 0.6 is 0 Å². The molecule has 1 unspecified atom stereocenters. The molecule has 2 aromatic carbocycles. The number of aliphatic hydroxyl groups excluding tert-OH is 1. The van der Waals surface area contributed by atoms with Crippen molar-refractivity contribution in [3.05, 3.63) is 83.4 Å². The normalized spacial score (nSPS) is 12.2. The van der Waals surface area contributed by atoms with Gasteiger partial charge in [0.2, 0.25) is 0 Å². The molecule has 0 amide bonds. The molecule has 0 saturated heterocycles. The smallest absolute Gasteiger partial charge is 0.121 e. The third-order valence-corrected chi connectivity index (χ3v) is 4.27. The zero-order valence-electron chi connectivity index (χ0n) is 14.3. The Labute approximate surface area is 143 Å². The summed E-state index contributed by atoms with van der Waals surface area (Å²) in [4.78, 5) is 6.44. The molecule has 4 heteroatoms. The molecule has 0 spiro atoms. The van der Waals surface area contributed by atoms with E-state index < -0.39 is 6.10 Å². The average molecular weight is 321 g/mol. The Hall–Kier alpha value is -2.59. The lowest BCUT2D eigenvalue weighted by Crippen LogP contribution is -2.12. The van der Waals surface area contributed by atoms with Crippen LogP contribution in [0.25, 0.3) is 0 Å². The Morgan fingerprint density at radius 3 is 2.33 bits per heavy atom. The summed E-state index contributed by atoms with van der Waals surface area (Å²) in [6.45, 7) is 2.67. The van der Waals surface area contributed by atoms with Crippen LogP contribution in [0.1, 0.15) is 28.7 Å². The van der Waals surface area contributed by atoms with Gasteiger partial charge in [0.25, 0.3) is 0 Å². The number of hydrogen-bond acceptors (Lipinski definition) is 3. The highest BCUT2D eigenvalue weighted by atomic mass is 16.3. The highest BCUT2D eigenvalue weighted by Crippen LogP contribution is 2.25. The van der Waals surface area contributed by atoms with E-state index in [9.17, 15) is 5.11 Å². The number of rotatable bonds is 5. The van der Waals surface area contributed by atoms with Crippen molar-refractivity contribution >= 4 is 5.69 Å². The van der Waals surface area contributed by atoms with Gasteiger partial charge >= 0.3 is 0 Å². The molecule has 0 aliphatic rings. The summed E-state index contributed by atoms with van der Waals surface area (Å²) in [5.74, 6) is 0.901.